The third-order valence-corrected chi connectivity index (χ3v) is 4.95. The number of aliphatic hydroxyl groups is 1. The molecule has 1 unspecified atom stereocenters. The molecule has 4 aromatic rings. The number of aromatic nitrogens is 4. The minimum absolute atomic E-state index is 0.158. The number of nitrogens with one attached hydrogen (secondary N) is 2. The van der Waals surface area contributed by atoms with E-state index >= 15 is 0 Å². The molecule has 0 bridgehead atoms. The molecule has 0 aliphatic rings. The molecule has 0 saturated carbocycles. The minimum Gasteiger partial charge on any atom is -0.508 e. The SMILES string of the molecule is COc1ccc(O)c(CNc2nc(NCC(C)O)nc3c2ncn3Cc2ccccc2)c1. The quantitative estimate of drug-likeness (QED) is 0.318. The summed E-state index contributed by atoms with van der Waals surface area (Å²) in [6, 6.07) is 15.1. The number of benzene rings is 2. The van der Waals surface area contributed by atoms with Gasteiger partial charge >= 0.3 is 0 Å². The molecule has 2 aromatic heterocycles. The Labute approximate surface area is 185 Å². The molecule has 2 heterocycles. The second-order valence-electron chi connectivity index (χ2n) is 7.50. The predicted octanol–water partition coefficient (Wildman–Crippen LogP) is 2.99. The van der Waals surface area contributed by atoms with E-state index in [9.17, 15) is 10.2 Å². The highest BCUT2D eigenvalue weighted by Crippen LogP contribution is 2.26. The third kappa shape index (κ3) is 4.89. The van der Waals surface area contributed by atoms with Crippen LogP contribution in [-0.4, -0.2) is 49.5 Å². The van der Waals surface area contributed by atoms with Gasteiger partial charge in [0, 0.05) is 18.7 Å². The van der Waals surface area contributed by atoms with Crippen LogP contribution >= 0.6 is 0 Å². The van der Waals surface area contributed by atoms with Crippen molar-refractivity contribution < 1.29 is 14.9 Å². The molecule has 0 amide bonds. The van der Waals surface area contributed by atoms with E-state index in [0.29, 0.717) is 53.9 Å². The van der Waals surface area contributed by atoms with Gasteiger partial charge in [-0.2, -0.15) is 9.97 Å². The number of phenols is 1. The largest absolute Gasteiger partial charge is 0.508 e. The molecule has 0 radical (unpaired) electrons. The number of aliphatic hydroxyl groups excluding tert-OH is 1. The minimum atomic E-state index is -0.548. The maximum atomic E-state index is 10.2. The van der Waals surface area contributed by atoms with Gasteiger partial charge in [-0.25, -0.2) is 4.98 Å². The van der Waals surface area contributed by atoms with Crippen molar-refractivity contribution in [2.24, 2.45) is 0 Å². The van der Waals surface area contributed by atoms with Gasteiger partial charge in [-0.15, -0.1) is 0 Å². The lowest BCUT2D eigenvalue weighted by molar-refractivity contribution is 0.208. The Balaban J connectivity index is 1.67. The second-order valence-corrected chi connectivity index (χ2v) is 7.50. The van der Waals surface area contributed by atoms with Crippen molar-refractivity contribution in [3.05, 3.63) is 66.0 Å². The summed E-state index contributed by atoms with van der Waals surface area (Å²) in [5, 5.41) is 26.2. The van der Waals surface area contributed by atoms with Crippen LogP contribution in [0.25, 0.3) is 11.2 Å². The van der Waals surface area contributed by atoms with Gasteiger partial charge in [0.05, 0.1) is 26.1 Å². The molecule has 4 rings (SSSR count). The van der Waals surface area contributed by atoms with Crippen molar-refractivity contribution in [1.82, 2.24) is 19.5 Å². The average Bonchev–Trinajstić information content (AvgIpc) is 3.20. The molecule has 4 N–H and O–H groups in total. The highest BCUT2D eigenvalue weighted by molar-refractivity contribution is 5.84. The highest BCUT2D eigenvalue weighted by Gasteiger charge is 2.15. The molecule has 9 heteroatoms. The van der Waals surface area contributed by atoms with Crippen LogP contribution in [0.15, 0.2) is 54.9 Å². The van der Waals surface area contributed by atoms with Crippen molar-refractivity contribution in [3.63, 3.8) is 0 Å². The Bertz CT molecular complexity index is 1190. The zero-order valence-electron chi connectivity index (χ0n) is 18.0. The first-order valence-electron chi connectivity index (χ1n) is 10.3. The number of anilines is 2. The smallest absolute Gasteiger partial charge is 0.226 e. The summed E-state index contributed by atoms with van der Waals surface area (Å²) < 4.78 is 7.20. The molecule has 0 aliphatic heterocycles. The van der Waals surface area contributed by atoms with Crippen LogP contribution in [0, 0.1) is 0 Å². The number of aromatic hydroxyl groups is 1. The van der Waals surface area contributed by atoms with Gasteiger partial charge in [-0.05, 0) is 30.7 Å². The molecule has 32 heavy (non-hydrogen) atoms. The van der Waals surface area contributed by atoms with E-state index in [0.717, 1.165) is 5.56 Å². The van der Waals surface area contributed by atoms with E-state index in [4.69, 9.17) is 4.74 Å². The van der Waals surface area contributed by atoms with Crippen LogP contribution in [0.2, 0.25) is 0 Å². The van der Waals surface area contributed by atoms with Gasteiger partial charge in [-0.3, -0.25) is 0 Å². The molecule has 0 saturated heterocycles. The summed E-state index contributed by atoms with van der Waals surface area (Å²) in [5.74, 6) is 1.72. The lowest BCUT2D eigenvalue weighted by Gasteiger charge is -2.13. The van der Waals surface area contributed by atoms with Gasteiger partial charge in [0.25, 0.3) is 0 Å². The van der Waals surface area contributed by atoms with Crippen LogP contribution in [0.4, 0.5) is 11.8 Å². The summed E-state index contributed by atoms with van der Waals surface area (Å²) in [4.78, 5) is 13.7. The lowest BCUT2D eigenvalue weighted by atomic mass is 10.2. The zero-order valence-corrected chi connectivity index (χ0v) is 18.0. The van der Waals surface area contributed by atoms with Crippen molar-refractivity contribution in [3.8, 4) is 11.5 Å². The van der Waals surface area contributed by atoms with Crippen LogP contribution in [-0.2, 0) is 13.1 Å². The van der Waals surface area contributed by atoms with Crippen LogP contribution in [0.5, 0.6) is 11.5 Å². The Morgan fingerprint density at radius 3 is 2.66 bits per heavy atom. The Morgan fingerprint density at radius 2 is 1.91 bits per heavy atom. The molecule has 2 aromatic carbocycles. The van der Waals surface area contributed by atoms with Crippen molar-refractivity contribution in [2.45, 2.75) is 26.1 Å². The standard InChI is InChI=1S/C23H26N6O3/c1-15(30)11-25-23-27-21(24-12-17-10-18(32-2)8-9-19(17)31)20-22(28-23)29(14-26-20)13-16-6-4-3-5-7-16/h3-10,14-15,30-31H,11-13H2,1-2H3,(H2,24,25,27,28). The van der Waals surface area contributed by atoms with Crippen LogP contribution in [0.1, 0.15) is 18.1 Å². The summed E-state index contributed by atoms with van der Waals surface area (Å²) in [6.07, 6.45) is 1.19. The van der Waals surface area contributed by atoms with E-state index < -0.39 is 6.10 Å². The number of methoxy groups -OCH3 is 1. The number of phenolic OH excluding ortho intramolecular Hbond substituents is 1. The maximum absolute atomic E-state index is 10.2. The van der Waals surface area contributed by atoms with Crippen LogP contribution in [0.3, 0.4) is 0 Å². The van der Waals surface area contributed by atoms with Gasteiger partial charge in [0.15, 0.2) is 17.0 Å². The summed E-state index contributed by atoms with van der Waals surface area (Å²) >= 11 is 0. The summed E-state index contributed by atoms with van der Waals surface area (Å²) in [5.41, 5.74) is 3.07. The van der Waals surface area contributed by atoms with Crippen molar-refractivity contribution in [1.29, 1.82) is 0 Å². The molecular weight excluding hydrogens is 408 g/mol. The molecule has 0 fully saturated rings. The highest BCUT2D eigenvalue weighted by atomic mass is 16.5. The van der Waals surface area contributed by atoms with Gasteiger partial charge in [0.2, 0.25) is 5.95 Å². The van der Waals surface area contributed by atoms with Gasteiger partial charge < -0.3 is 30.2 Å². The number of rotatable bonds is 9. The predicted molar refractivity (Wildman–Crippen MR) is 123 cm³/mol. The van der Waals surface area contributed by atoms with E-state index in [1.807, 2.05) is 34.9 Å². The van der Waals surface area contributed by atoms with Gasteiger partial charge in [0.1, 0.15) is 11.5 Å². The first-order valence-corrected chi connectivity index (χ1v) is 10.3. The summed E-state index contributed by atoms with van der Waals surface area (Å²) in [6.45, 7) is 2.93. The van der Waals surface area contributed by atoms with Crippen molar-refractivity contribution >= 4 is 22.9 Å². The number of fused-ring (bicyclic) bond motifs is 1. The van der Waals surface area contributed by atoms with Gasteiger partial charge in [-0.1, -0.05) is 30.3 Å². The average molecular weight is 435 g/mol. The number of imidazole rings is 1. The topological polar surface area (TPSA) is 117 Å². The fourth-order valence-electron chi connectivity index (χ4n) is 3.29. The number of ether oxygens (including phenoxy) is 1. The number of hydrogen-bond acceptors (Lipinski definition) is 8. The molecule has 9 nitrogen and oxygen atoms in total. The van der Waals surface area contributed by atoms with Crippen LogP contribution < -0.4 is 15.4 Å². The first-order chi connectivity index (χ1) is 15.5. The molecule has 166 valence electrons. The number of hydrogen-bond donors (Lipinski definition) is 4. The van der Waals surface area contributed by atoms with E-state index in [2.05, 4.69) is 25.6 Å². The molecule has 0 aliphatic carbocycles. The number of nitrogens with zero attached hydrogens (tertiary/aromatic N) is 4. The monoisotopic (exact) mass is 434 g/mol. The summed E-state index contributed by atoms with van der Waals surface area (Å²) in [7, 11) is 1.58. The molecule has 0 spiro atoms. The molecular formula is C23H26N6O3. The Kier molecular flexibility index (Phi) is 6.37. The fourth-order valence-corrected chi connectivity index (χ4v) is 3.29. The lowest BCUT2D eigenvalue weighted by Crippen LogP contribution is -2.17. The normalized spacial score (nSPS) is 12.0. The van der Waals surface area contributed by atoms with Crippen molar-refractivity contribution in [2.75, 3.05) is 24.3 Å². The maximum Gasteiger partial charge on any atom is 0.226 e. The second kappa shape index (κ2) is 9.52. The van der Waals surface area contributed by atoms with E-state index in [1.54, 1.807) is 38.6 Å². The zero-order chi connectivity index (χ0) is 22.5. The van der Waals surface area contributed by atoms with E-state index in [-0.39, 0.29) is 5.75 Å². The third-order valence-electron chi connectivity index (χ3n) is 4.95. The van der Waals surface area contributed by atoms with E-state index in [1.165, 1.54) is 0 Å². The fraction of sp³-hybridized carbons (Fsp3) is 0.261. The Hall–Kier alpha value is -3.85. The Morgan fingerprint density at radius 1 is 1.09 bits per heavy atom. The first kappa shape index (κ1) is 21.4. The molecule has 1 atom stereocenters.